The Balaban J connectivity index is 3.36. The summed E-state index contributed by atoms with van der Waals surface area (Å²) in [6, 6.07) is 0. The second-order valence-corrected chi connectivity index (χ2v) is 12.1. The largest absolute Gasteiger partial charge is 0.481 e. The van der Waals surface area contributed by atoms with Gasteiger partial charge in [0.2, 0.25) is 0 Å². The third-order valence-corrected chi connectivity index (χ3v) is 8.02. The van der Waals surface area contributed by atoms with E-state index in [9.17, 15) is 9.59 Å². The molecule has 0 aliphatic rings. The quantitative estimate of drug-likeness (QED) is 0.0501. The average Bonchev–Trinajstić information content (AvgIpc) is 2.94. The molecule has 0 heterocycles. The first kappa shape index (κ1) is 38.7. The summed E-state index contributed by atoms with van der Waals surface area (Å²) >= 11 is 0. The number of aliphatic carboxylic acids is 1. The van der Waals surface area contributed by atoms with Crippen LogP contribution in [0.25, 0.3) is 0 Å². The second kappa shape index (κ2) is 32.2. The zero-order chi connectivity index (χ0) is 29.4. The van der Waals surface area contributed by atoms with Crippen molar-refractivity contribution < 1.29 is 19.4 Å². The molecule has 0 bridgehead atoms. The van der Waals surface area contributed by atoms with Crippen LogP contribution in [0.2, 0.25) is 0 Å². The summed E-state index contributed by atoms with van der Waals surface area (Å²) in [5.74, 6) is -1.75. The van der Waals surface area contributed by atoms with E-state index in [2.05, 4.69) is 19.1 Å². The highest BCUT2D eigenvalue weighted by Crippen LogP contribution is 2.18. The van der Waals surface area contributed by atoms with Gasteiger partial charge in [-0.2, -0.15) is 0 Å². The van der Waals surface area contributed by atoms with Gasteiger partial charge in [-0.05, 0) is 38.5 Å². The van der Waals surface area contributed by atoms with Crippen molar-refractivity contribution in [2.45, 2.75) is 194 Å². The molecule has 0 aliphatic heterocycles. The van der Waals surface area contributed by atoms with Crippen LogP contribution >= 0.6 is 0 Å². The summed E-state index contributed by atoms with van der Waals surface area (Å²) in [5, 5.41) is 9.05. The zero-order valence-corrected chi connectivity index (χ0v) is 26.9. The van der Waals surface area contributed by atoms with Crippen LogP contribution in [0.4, 0.5) is 0 Å². The van der Waals surface area contributed by atoms with Gasteiger partial charge in [0, 0.05) is 0 Å². The predicted molar refractivity (Wildman–Crippen MR) is 172 cm³/mol. The molecule has 0 rings (SSSR count). The molecule has 1 atom stereocenters. The van der Waals surface area contributed by atoms with E-state index in [0.29, 0.717) is 13.0 Å². The van der Waals surface area contributed by atoms with E-state index in [0.717, 1.165) is 19.3 Å². The molecule has 0 saturated heterocycles. The fraction of sp³-hybridized carbons (Fsp3) is 0.889. The van der Waals surface area contributed by atoms with E-state index < -0.39 is 11.9 Å². The minimum atomic E-state index is -0.919. The molecule has 40 heavy (non-hydrogen) atoms. The van der Waals surface area contributed by atoms with E-state index >= 15 is 0 Å². The third-order valence-electron chi connectivity index (χ3n) is 8.02. The number of hydrogen-bond acceptors (Lipinski definition) is 3. The minimum Gasteiger partial charge on any atom is -0.481 e. The molecule has 0 radical (unpaired) electrons. The summed E-state index contributed by atoms with van der Waals surface area (Å²) in [6.07, 6.45) is 39.5. The molecule has 0 fully saturated rings. The molecular weight excluding hydrogens is 496 g/mol. The van der Waals surface area contributed by atoms with E-state index in [4.69, 9.17) is 9.84 Å². The first-order chi connectivity index (χ1) is 19.6. The SMILES string of the molecule is CCCCCCCCCCCCCCCCCC/C=C/CCCCCCCCCC(CC(=O)O)C(=O)OCCC. The summed E-state index contributed by atoms with van der Waals surface area (Å²) in [5.41, 5.74) is 0. The Hall–Kier alpha value is -1.32. The van der Waals surface area contributed by atoms with Crippen LogP contribution in [0.15, 0.2) is 12.2 Å². The van der Waals surface area contributed by atoms with E-state index in [1.54, 1.807) is 0 Å². The van der Waals surface area contributed by atoms with Crippen molar-refractivity contribution in [1.29, 1.82) is 0 Å². The Morgan fingerprint density at radius 3 is 1.30 bits per heavy atom. The third kappa shape index (κ3) is 29.7. The fourth-order valence-electron chi connectivity index (χ4n) is 5.42. The molecule has 236 valence electrons. The van der Waals surface area contributed by atoms with Gasteiger partial charge in [-0.15, -0.1) is 0 Å². The number of esters is 1. The Morgan fingerprint density at radius 2 is 0.925 bits per heavy atom. The number of unbranched alkanes of at least 4 members (excludes halogenated alkanes) is 23. The standard InChI is InChI=1S/C36H68O4/c1-3-5-6-7-8-9-10-11-12-13-14-15-16-17-18-19-20-21-22-23-24-25-26-27-28-29-30-31-34(33-35(37)38)36(39)40-32-4-2/h21-22,34H,3-20,23-33H2,1-2H3,(H,37,38)/b22-21+. The number of rotatable bonds is 32. The molecule has 0 aromatic heterocycles. The van der Waals surface area contributed by atoms with Gasteiger partial charge in [0.1, 0.15) is 0 Å². The van der Waals surface area contributed by atoms with Crippen molar-refractivity contribution >= 4 is 11.9 Å². The van der Waals surface area contributed by atoms with Gasteiger partial charge in [-0.3, -0.25) is 9.59 Å². The summed E-state index contributed by atoms with van der Waals surface area (Å²) < 4.78 is 5.16. The maximum Gasteiger partial charge on any atom is 0.309 e. The average molecular weight is 565 g/mol. The number of ether oxygens (including phenoxy) is 1. The van der Waals surface area contributed by atoms with Crippen LogP contribution < -0.4 is 0 Å². The molecule has 0 aliphatic carbocycles. The smallest absolute Gasteiger partial charge is 0.309 e. The zero-order valence-electron chi connectivity index (χ0n) is 26.9. The minimum absolute atomic E-state index is 0.116. The van der Waals surface area contributed by atoms with Gasteiger partial charge in [0.05, 0.1) is 18.9 Å². The van der Waals surface area contributed by atoms with Crippen molar-refractivity contribution in [2.24, 2.45) is 5.92 Å². The number of allylic oxidation sites excluding steroid dienone is 2. The molecule has 0 aromatic rings. The van der Waals surface area contributed by atoms with Gasteiger partial charge in [-0.25, -0.2) is 0 Å². The van der Waals surface area contributed by atoms with Crippen LogP contribution in [0, 0.1) is 5.92 Å². The highest BCUT2D eigenvalue weighted by Gasteiger charge is 2.22. The number of carboxylic acid groups (broad SMARTS) is 1. The van der Waals surface area contributed by atoms with Gasteiger partial charge < -0.3 is 9.84 Å². The van der Waals surface area contributed by atoms with Crippen molar-refractivity contribution in [2.75, 3.05) is 6.61 Å². The van der Waals surface area contributed by atoms with Crippen LogP contribution in [0.3, 0.4) is 0 Å². The van der Waals surface area contributed by atoms with Gasteiger partial charge in [0.15, 0.2) is 0 Å². The molecular formula is C36H68O4. The van der Waals surface area contributed by atoms with Gasteiger partial charge >= 0.3 is 11.9 Å². The number of carboxylic acids is 1. The molecule has 4 heteroatoms. The fourth-order valence-corrected chi connectivity index (χ4v) is 5.42. The molecule has 0 saturated carbocycles. The van der Waals surface area contributed by atoms with E-state index in [1.165, 1.54) is 148 Å². The monoisotopic (exact) mass is 565 g/mol. The summed E-state index contributed by atoms with van der Waals surface area (Å²) in [7, 11) is 0. The molecule has 4 nitrogen and oxygen atoms in total. The second-order valence-electron chi connectivity index (χ2n) is 12.1. The predicted octanol–water partition coefficient (Wildman–Crippen LogP) is 11.7. The Labute approximate surface area is 249 Å². The first-order valence-corrected chi connectivity index (χ1v) is 17.6. The van der Waals surface area contributed by atoms with Crippen molar-refractivity contribution in [3.8, 4) is 0 Å². The molecule has 0 amide bonds. The lowest BCUT2D eigenvalue weighted by atomic mass is 9.97. The number of carbonyl (C=O) groups is 2. The highest BCUT2D eigenvalue weighted by molar-refractivity contribution is 5.79. The topological polar surface area (TPSA) is 63.6 Å². The maximum atomic E-state index is 12.0. The molecule has 1 unspecified atom stereocenters. The Morgan fingerprint density at radius 1 is 0.550 bits per heavy atom. The van der Waals surface area contributed by atoms with Crippen LogP contribution in [0.1, 0.15) is 194 Å². The summed E-state index contributed by atoms with van der Waals surface area (Å²) in [6.45, 7) is 4.61. The highest BCUT2D eigenvalue weighted by atomic mass is 16.5. The maximum absolute atomic E-state index is 12.0. The van der Waals surface area contributed by atoms with Crippen molar-refractivity contribution in [3.63, 3.8) is 0 Å². The molecule has 1 N–H and O–H groups in total. The first-order valence-electron chi connectivity index (χ1n) is 17.6. The normalized spacial score (nSPS) is 12.2. The van der Waals surface area contributed by atoms with Gasteiger partial charge in [0.25, 0.3) is 0 Å². The Bertz CT molecular complexity index is 571. The number of carbonyl (C=O) groups excluding carboxylic acids is 1. The Kier molecular flexibility index (Phi) is 31.1. The van der Waals surface area contributed by atoms with Crippen LogP contribution in [-0.2, 0) is 14.3 Å². The van der Waals surface area contributed by atoms with Crippen molar-refractivity contribution in [3.05, 3.63) is 12.2 Å². The van der Waals surface area contributed by atoms with Crippen LogP contribution in [0.5, 0.6) is 0 Å². The van der Waals surface area contributed by atoms with Crippen molar-refractivity contribution in [1.82, 2.24) is 0 Å². The molecule has 0 aromatic carbocycles. The van der Waals surface area contributed by atoms with E-state index in [-0.39, 0.29) is 12.4 Å². The van der Waals surface area contributed by atoms with Gasteiger partial charge in [-0.1, -0.05) is 161 Å². The number of hydrogen-bond donors (Lipinski definition) is 1. The lowest BCUT2D eigenvalue weighted by Crippen LogP contribution is -2.21. The lowest BCUT2D eigenvalue weighted by molar-refractivity contribution is -0.153. The molecule has 0 spiro atoms. The van der Waals surface area contributed by atoms with Crippen LogP contribution in [-0.4, -0.2) is 23.7 Å². The lowest BCUT2D eigenvalue weighted by Gasteiger charge is -2.13. The summed E-state index contributed by atoms with van der Waals surface area (Å²) in [4.78, 5) is 23.1. The van der Waals surface area contributed by atoms with E-state index in [1.807, 2.05) is 6.92 Å².